The number of aromatic nitrogens is 1. The van der Waals surface area contributed by atoms with Crippen LogP contribution in [0.15, 0.2) is 24.4 Å². The number of nitrogens with zero attached hydrogens (tertiary/aromatic N) is 1. The molecular weight excluding hydrogens is 326 g/mol. The first-order chi connectivity index (χ1) is 12.4. The number of fused-ring (bicyclic) bond motifs is 2. The molecule has 1 aliphatic carbocycles. The molecule has 140 valence electrons. The van der Waals surface area contributed by atoms with Gasteiger partial charge in [0.25, 0.3) is 0 Å². The standard InChI is InChI=1S/C21H29N3O2/c1-13-6-5-7-16-17(13)14(12-23-16)8-10-22-20(25)24-11-9-15-18(24)21(2,3)19(15)26-4/h5-7,12,15,18-19,23H,8-11H2,1-4H3,(H,22,25)/t15-,18+,19?/m1/s1. The van der Waals surface area contributed by atoms with Gasteiger partial charge in [0, 0.05) is 54.7 Å². The van der Waals surface area contributed by atoms with E-state index >= 15 is 0 Å². The summed E-state index contributed by atoms with van der Waals surface area (Å²) >= 11 is 0. The quantitative estimate of drug-likeness (QED) is 0.882. The lowest BCUT2D eigenvalue weighted by molar-refractivity contribution is -0.153. The molecule has 5 nitrogen and oxygen atoms in total. The summed E-state index contributed by atoms with van der Waals surface area (Å²) in [6.07, 6.45) is 4.21. The average Bonchev–Trinajstić information content (AvgIpc) is 3.19. The second kappa shape index (κ2) is 6.31. The fraction of sp³-hybridized carbons (Fsp3) is 0.571. The van der Waals surface area contributed by atoms with E-state index in [0.717, 1.165) is 24.9 Å². The number of rotatable bonds is 4. The molecule has 0 bridgehead atoms. The first-order valence-corrected chi connectivity index (χ1v) is 9.58. The number of aryl methyl sites for hydroxylation is 1. The van der Waals surface area contributed by atoms with Gasteiger partial charge in [-0.05, 0) is 37.0 Å². The molecule has 1 unspecified atom stereocenters. The minimum absolute atomic E-state index is 0.0290. The number of aromatic amines is 1. The van der Waals surface area contributed by atoms with Crippen LogP contribution in [0, 0.1) is 18.3 Å². The van der Waals surface area contributed by atoms with Crippen molar-refractivity contribution in [3.05, 3.63) is 35.5 Å². The van der Waals surface area contributed by atoms with Gasteiger partial charge in [-0.2, -0.15) is 0 Å². The molecule has 2 heterocycles. The van der Waals surface area contributed by atoms with Crippen LogP contribution in [0.5, 0.6) is 0 Å². The maximum Gasteiger partial charge on any atom is 0.317 e. The molecule has 2 fully saturated rings. The molecule has 2 aromatic rings. The number of amides is 2. The third kappa shape index (κ3) is 2.52. The van der Waals surface area contributed by atoms with Gasteiger partial charge in [0.1, 0.15) is 0 Å². The summed E-state index contributed by atoms with van der Waals surface area (Å²) in [6.45, 7) is 8.04. The Bertz CT molecular complexity index is 826. The predicted octanol–water partition coefficient (Wildman–Crippen LogP) is 3.47. The summed E-state index contributed by atoms with van der Waals surface area (Å²) < 4.78 is 5.66. The number of hydrogen-bond acceptors (Lipinski definition) is 2. The van der Waals surface area contributed by atoms with Crippen LogP contribution >= 0.6 is 0 Å². The summed E-state index contributed by atoms with van der Waals surface area (Å²) in [5.74, 6) is 0.483. The normalized spacial score (nSPS) is 26.6. The highest BCUT2D eigenvalue weighted by Crippen LogP contribution is 2.54. The highest BCUT2D eigenvalue weighted by Gasteiger charge is 2.62. The summed E-state index contributed by atoms with van der Waals surface area (Å²) in [5, 5.41) is 4.42. The van der Waals surface area contributed by atoms with Gasteiger partial charge in [-0.3, -0.25) is 0 Å². The predicted molar refractivity (Wildman–Crippen MR) is 103 cm³/mol. The number of carbonyl (C=O) groups excluding carboxylic acids is 1. The van der Waals surface area contributed by atoms with Crippen LogP contribution in [0.25, 0.3) is 10.9 Å². The number of likely N-dealkylation sites (tertiary alicyclic amines) is 1. The Hall–Kier alpha value is -2.01. The number of methoxy groups -OCH3 is 1. The van der Waals surface area contributed by atoms with E-state index in [1.165, 1.54) is 16.5 Å². The first-order valence-electron chi connectivity index (χ1n) is 9.58. The van der Waals surface area contributed by atoms with Crippen LogP contribution < -0.4 is 5.32 Å². The maximum absolute atomic E-state index is 12.7. The van der Waals surface area contributed by atoms with Crippen molar-refractivity contribution in [1.82, 2.24) is 15.2 Å². The van der Waals surface area contributed by atoms with E-state index in [1.807, 2.05) is 4.90 Å². The summed E-state index contributed by atoms with van der Waals surface area (Å²) in [6, 6.07) is 6.66. The molecule has 1 aromatic carbocycles. The molecule has 0 spiro atoms. The molecule has 1 saturated heterocycles. The van der Waals surface area contributed by atoms with Gasteiger partial charge in [-0.1, -0.05) is 26.0 Å². The molecule has 26 heavy (non-hydrogen) atoms. The molecule has 2 N–H and O–H groups in total. The Morgan fingerprint density at radius 3 is 3.00 bits per heavy atom. The number of carbonyl (C=O) groups is 1. The van der Waals surface area contributed by atoms with Crippen molar-refractivity contribution >= 4 is 16.9 Å². The zero-order valence-electron chi connectivity index (χ0n) is 16.1. The molecule has 1 saturated carbocycles. The maximum atomic E-state index is 12.7. The lowest BCUT2D eigenvalue weighted by Gasteiger charge is -2.56. The third-order valence-corrected chi connectivity index (χ3v) is 6.51. The fourth-order valence-electron chi connectivity index (χ4n) is 5.45. The van der Waals surface area contributed by atoms with Crippen LogP contribution in [0.2, 0.25) is 0 Å². The molecule has 1 aliphatic heterocycles. The molecule has 0 radical (unpaired) electrons. The first kappa shape index (κ1) is 17.4. The van der Waals surface area contributed by atoms with Gasteiger partial charge in [-0.15, -0.1) is 0 Å². The van der Waals surface area contributed by atoms with E-state index in [0.29, 0.717) is 18.5 Å². The minimum Gasteiger partial charge on any atom is -0.380 e. The number of benzene rings is 1. The number of H-pyrrole nitrogens is 1. The SMILES string of the molecule is COC1[C@@H]2CCN(C(=O)NCCc3c[nH]c4cccc(C)c34)[C@@H]2C1(C)C. The fourth-order valence-corrected chi connectivity index (χ4v) is 5.45. The van der Waals surface area contributed by atoms with Crippen molar-refractivity contribution in [2.45, 2.75) is 45.8 Å². The lowest BCUT2D eigenvalue weighted by atomic mass is 9.57. The second-order valence-electron chi connectivity index (χ2n) is 8.36. The van der Waals surface area contributed by atoms with E-state index in [9.17, 15) is 4.79 Å². The monoisotopic (exact) mass is 355 g/mol. The molecule has 1 aromatic heterocycles. The van der Waals surface area contributed by atoms with Gasteiger partial charge < -0.3 is 19.9 Å². The molecular formula is C21H29N3O2. The topological polar surface area (TPSA) is 57.4 Å². The second-order valence-corrected chi connectivity index (χ2v) is 8.36. The van der Waals surface area contributed by atoms with E-state index in [2.05, 4.69) is 55.5 Å². The average molecular weight is 355 g/mol. The van der Waals surface area contributed by atoms with Gasteiger partial charge in [-0.25, -0.2) is 4.79 Å². The largest absolute Gasteiger partial charge is 0.380 e. The summed E-state index contributed by atoms with van der Waals surface area (Å²) in [4.78, 5) is 18.1. The van der Waals surface area contributed by atoms with E-state index in [-0.39, 0.29) is 17.6 Å². The number of hydrogen-bond donors (Lipinski definition) is 2. The Labute approximate surface area is 155 Å². The zero-order chi connectivity index (χ0) is 18.5. The van der Waals surface area contributed by atoms with Crippen molar-refractivity contribution in [2.24, 2.45) is 11.3 Å². The highest BCUT2D eigenvalue weighted by atomic mass is 16.5. The van der Waals surface area contributed by atoms with Crippen molar-refractivity contribution in [1.29, 1.82) is 0 Å². The van der Waals surface area contributed by atoms with Crippen LogP contribution in [0.3, 0.4) is 0 Å². The number of urea groups is 1. The Morgan fingerprint density at radius 1 is 1.42 bits per heavy atom. The smallest absolute Gasteiger partial charge is 0.317 e. The van der Waals surface area contributed by atoms with E-state index in [1.54, 1.807) is 7.11 Å². The molecule has 3 atom stereocenters. The van der Waals surface area contributed by atoms with Gasteiger partial charge in [0.05, 0.1) is 6.10 Å². The van der Waals surface area contributed by atoms with Gasteiger partial charge in [0.2, 0.25) is 0 Å². The van der Waals surface area contributed by atoms with Crippen LogP contribution in [-0.2, 0) is 11.2 Å². The number of ether oxygens (including phenoxy) is 1. The van der Waals surface area contributed by atoms with E-state index < -0.39 is 0 Å². The van der Waals surface area contributed by atoms with Gasteiger partial charge >= 0.3 is 6.03 Å². The van der Waals surface area contributed by atoms with Gasteiger partial charge in [0.15, 0.2) is 0 Å². The summed E-state index contributed by atoms with van der Waals surface area (Å²) in [5.41, 5.74) is 3.73. The summed E-state index contributed by atoms with van der Waals surface area (Å²) in [7, 11) is 1.79. The number of nitrogens with one attached hydrogen (secondary N) is 2. The minimum atomic E-state index is 0.0290. The van der Waals surface area contributed by atoms with Crippen molar-refractivity contribution in [3.8, 4) is 0 Å². The Kier molecular flexibility index (Phi) is 4.22. The molecule has 2 aliphatic rings. The lowest BCUT2D eigenvalue weighted by Crippen LogP contribution is -2.66. The van der Waals surface area contributed by atoms with Crippen molar-refractivity contribution in [2.75, 3.05) is 20.2 Å². The van der Waals surface area contributed by atoms with Crippen LogP contribution in [-0.4, -0.2) is 48.3 Å². The van der Waals surface area contributed by atoms with Crippen molar-refractivity contribution in [3.63, 3.8) is 0 Å². The zero-order valence-corrected chi connectivity index (χ0v) is 16.1. The van der Waals surface area contributed by atoms with Crippen LogP contribution in [0.4, 0.5) is 4.79 Å². The highest BCUT2D eigenvalue weighted by molar-refractivity contribution is 5.86. The van der Waals surface area contributed by atoms with E-state index in [4.69, 9.17) is 4.74 Å². The van der Waals surface area contributed by atoms with Crippen LogP contribution in [0.1, 0.15) is 31.4 Å². The molecule has 5 heteroatoms. The third-order valence-electron chi connectivity index (χ3n) is 6.51. The molecule has 4 rings (SSSR count). The molecule has 2 amide bonds. The van der Waals surface area contributed by atoms with Crippen molar-refractivity contribution < 1.29 is 9.53 Å². The Balaban J connectivity index is 1.38. The Morgan fingerprint density at radius 2 is 2.23 bits per heavy atom.